The maximum atomic E-state index is 12.4. The van der Waals surface area contributed by atoms with Crippen LogP contribution in [-0.4, -0.2) is 43.3 Å². The fourth-order valence-electron chi connectivity index (χ4n) is 3.38. The van der Waals surface area contributed by atoms with Crippen LogP contribution in [0.25, 0.3) is 6.08 Å². The second-order valence-electron chi connectivity index (χ2n) is 7.06. The molecule has 0 unspecified atom stereocenters. The lowest BCUT2D eigenvalue weighted by Gasteiger charge is -2.12. The van der Waals surface area contributed by atoms with E-state index in [1.165, 1.54) is 36.7 Å². The highest BCUT2D eigenvalue weighted by Gasteiger charge is 2.27. The number of rotatable bonds is 8. The zero-order chi connectivity index (χ0) is 23.1. The van der Waals surface area contributed by atoms with Crippen molar-refractivity contribution in [3.8, 4) is 11.5 Å². The van der Waals surface area contributed by atoms with E-state index in [1.807, 2.05) is 0 Å². The van der Waals surface area contributed by atoms with Crippen LogP contribution in [0.3, 0.4) is 0 Å². The van der Waals surface area contributed by atoms with Gasteiger partial charge in [0.25, 0.3) is 5.91 Å². The number of ether oxygens (including phenoxy) is 3. The molecule has 2 aromatic rings. The molecule has 32 heavy (non-hydrogen) atoms. The summed E-state index contributed by atoms with van der Waals surface area (Å²) in [5, 5.41) is 12.7. The van der Waals surface area contributed by atoms with Crippen LogP contribution >= 0.6 is 11.3 Å². The van der Waals surface area contributed by atoms with E-state index in [4.69, 9.17) is 14.2 Å². The third-order valence-corrected chi connectivity index (χ3v) is 6.07. The van der Waals surface area contributed by atoms with Crippen LogP contribution < -0.4 is 10.1 Å². The molecule has 1 aromatic carbocycles. The van der Waals surface area contributed by atoms with E-state index in [1.54, 1.807) is 19.1 Å². The number of methoxy groups -OCH3 is 1. The molecule has 1 aromatic heterocycles. The standard InChI is InChI=1S/C23H25NO7S/c1-3-30-23(28)21-15-6-4-5-7-18(15)32-22(21)24-19(26)13-31-20(27)11-9-14-8-10-16(25)17(12-14)29-2/h8-12,25H,3-7,13H2,1-2H3,(H,24,26)/b11-9+. The van der Waals surface area contributed by atoms with E-state index in [9.17, 15) is 19.5 Å². The molecule has 3 rings (SSSR count). The SMILES string of the molecule is CCOC(=O)c1c(NC(=O)COC(=O)/C=C/c2ccc(O)c(OC)c2)sc2c1CCCC2. The van der Waals surface area contributed by atoms with Crippen LogP contribution in [-0.2, 0) is 31.9 Å². The van der Waals surface area contributed by atoms with Gasteiger partial charge in [-0.3, -0.25) is 4.79 Å². The molecule has 2 N–H and O–H groups in total. The molecule has 0 aliphatic heterocycles. The molecule has 0 atom stereocenters. The largest absolute Gasteiger partial charge is 0.504 e. The summed E-state index contributed by atoms with van der Waals surface area (Å²) in [5.41, 5.74) is 1.97. The lowest BCUT2D eigenvalue weighted by molar-refractivity contribution is -0.142. The normalized spacial score (nSPS) is 12.8. The number of thiophene rings is 1. The molecule has 0 fully saturated rings. The molecule has 0 radical (unpaired) electrons. The number of amides is 1. The molecule has 1 aliphatic carbocycles. The first-order chi connectivity index (χ1) is 15.4. The van der Waals surface area contributed by atoms with Crippen LogP contribution in [0, 0.1) is 0 Å². The lowest BCUT2D eigenvalue weighted by atomic mass is 9.95. The Kier molecular flexibility index (Phi) is 7.88. The van der Waals surface area contributed by atoms with E-state index in [-0.39, 0.29) is 18.1 Å². The second-order valence-corrected chi connectivity index (χ2v) is 8.16. The van der Waals surface area contributed by atoms with Gasteiger partial charge < -0.3 is 24.6 Å². The zero-order valence-corrected chi connectivity index (χ0v) is 18.8. The number of carbonyl (C=O) groups excluding carboxylic acids is 3. The van der Waals surface area contributed by atoms with Gasteiger partial charge in [0.1, 0.15) is 5.00 Å². The van der Waals surface area contributed by atoms with Crippen LogP contribution in [0.2, 0.25) is 0 Å². The van der Waals surface area contributed by atoms with Crippen molar-refractivity contribution in [2.24, 2.45) is 0 Å². The topological polar surface area (TPSA) is 111 Å². The molecule has 170 valence electrons. The van der Waals surface area contributed by atoms with Crippen LogP contribution in [0.5, 0.6) is 11.5 Å². The number of phenolic OH excluding ortho intramolecular Hbond substituents is 1. The minimum atomic E-state index is -0.705. The van der Waals surface area contributed by atoms with Gasteiger partial charge in [0.2, 0.25) is 0 Å². The second kappa shape index (κ2) is 10.8. The summed E-state index contributed by atoms with van der Waals surface area (Å²) in [7, 11) is 1.42. The van der Waals surface area contributed by atoms with E-state index < -0.39 is 24.5 Å². The van der Waals surface area contributed by atoms with Gasteiger partial charge >= 0.3 is 11.9 Å². The molecular formula is C23H25NO7S. The fourth-order valence-corrected chi connectivity index (χ4v) is 4.68. The summed E-state index contributed by atoms with van der Waals surface area (Å²) in [6, 6.07) is 4.60. The minimum absolute atomic E-state index is 0.0126. The Balaban J connectivity index is 1.60. The predicted octanol–water partition coefficient (Wildman–Crippen LogP) is 3.71. The van der Waals surface area contributed by atoms with Gasteiger partial charge in [0.15, 0.2) is 18.1 Å². The van der Waals surface area contributed by atoms with Crippen molar-refractivity contribution < 1.29 is 33.7 Å². The average Bonchev–Trinajstić information content (AvgIpc) is 3.15. The van der Waals surface area contributed by atoms with Crippen molar-refractivity contribution in [3.05, 3.63) is 45.8 Å². The van der Waals surface area contributed by atoms with Crippen LogP contribution in [0.4, 0.5) is 5.00 Å². The molecule has 8 nitrogen and oxygen atoms in total. The summed E-state index contributed by atoms with van der Waals surface area (Å²) in [4.78, 5) is 37.9. The highest BCUT2D eigenvalue weighted by molar-refractivity contribution is 7.17. The van der Waals surface area contributed by atoms with Crippen LogP contribution in [0.15, 0.2) is 24.3 Å². The molecule has 1 aliphatic rings. The molecule has 1 heterocycles. The number of aromatic hydroxyl groups is 1. The Bertz CT molecular complexity index is 1040. The molecule has 0 saturated heterocycles. The third kappa shape index (κ3) is 5.67. The van der Waals surface area contributed by atoms with Gasteiger partial charge in [-0.05, 0) is 61.9 Å². The Morgan fingerprint density at radius 1 is 1.19 bits per heavy atom. The maximum Gasteiger partial charge on any atom is 0.341 e. The Morgan fingerprint density at radius 3 is 2.72 bits per heavy atom. The molecule has 0 bridgehead atoms. The first-order valence-corrected chi connectivity index (χ1v) is 11.1. The van der Waals surface area contributed by atoms with Crippen molar-refractivity contribution >= 4 is 40.3 Å². The molecule has 0 saturated carbocycles. The highest BCUT2D eigenvalue weighted by Crippen LogP contribution is 2.38. The van der Waals surface area contributed by atoms with Gasteiger partial charge in [-0.25, -0.2) is 9.59 Å². The van der Waals surface area contributed by atoms with Gasteiger partial charge in [-0.2, -0.15) is 0 Å². The van der Waals surface area contributed by atoms with Gasteiger partial charge in [-0.15, -0.1) is 11.3 Å². The first kappa shape index (κ1) is 23.3. The fraction of sp³-hybridized carbons (Fsp3) is 0.348. The van der Waals surface area contributed by atoms with Gasteiger partial charge in [-0.1, -0.05) is 6.07 Å². The predicted molar refractivity (Wildman–Crippen MR) is 120 cm³/mol. The minimum Gasteiger partial charge on any atom is -0.504 e. The summed E-state index contributed by atoms with van der Waals surface area (Å²) in [6.07, 6.45) is 6.32. The number of fused-ring (bicyclic) bond motifs is 1. The number of nitrogens with one attached hydrogen (secondary N) is 1. The monoisotopic (exact) mass is 459 g/mol. The van der Waals surface area contributed by atoms with Crippen molar-refractivity contribution in [2.75, 3.05) is 25.6 Å². The number of aryl methyl sites for hydroxylation is 1. The number of benzene rings is 1. The number of carbonyl (C=O) groups is 3. The number of esters is 2. The maximum absolute atomic E-state index is 12.4. The average molecular weight is 460 g/mol. The van der Waals surface area contributed by atoms with Gasteiger partial charge in [0.05, 0.1) is 19.3 Å². The number of phenols is 1. The van der Waals surface area contributed by atoms with Crippen molar-refractivity contribution in [2.45, 2.75) is 32.6 Å². The van der Waals surface area contributed by atoms with Crippen LogP contribution in [0.1, 0.15) is 46.1 Å². The molecular weight excluding hydrogens is 434 g/mol. The number of anilines is 1. The quantitative estimate of drug-likeness (QED) is 0.457. The van der Waals surface area contributed by atoms with E-state index in [2.05, 4.69) is 5.32 Å². The van der Waals surface area contributed by atoms with Crippen molar-refractivity contribution in [3.63, 3.8) is 0 Å². The van der Waals surface area contributed by atoms with E-state index >= 15 is 0 Å². The lowest BCUT2D eigenvalue weighted by Crippen LogP contribution is -2.21. The summed E-state index contributed by atoms with van der Waals surface area (Å²) in [5.74, 6) is -1.44. The molecule has 1 amide bonds. The summed E-state index contributed by atoms with van der Waals surface area (Å²) < 4.78 is 15.2. The van der Waals surface area contributed by atoms with E-state index in [0.717, 1.165) is 36.1 Å². The van der Waals surface area contributed by atoms with Crippen molar-refractivity contribution in [1.82, 2.24) is 0 Å². The number of hydrogen-bond acceptors (Lipinski definition) is 8. The van der Waals surface area contributed by atoms with E-state index in [0.29, 0.717) is 16.1 Å². The Labute approximate surface area is 189 Å². The van der Waals surface area contributed by atoms with Crippen molar-refractivity contribution in [1.29, 1.82) is 0 Å². The highest BCUT2D eigenvalue weighted by atomic mass is 32.1. The Hall–Kier alpha value is -3.33. The van der Waals surface area contributed by atoms with Gasteiger partial charge in [0, 0.05) is 11.0 Å². The first-order valence-electron chi connectivity index (χ1n) is 10.3. The molecule has 0 spiro atoms. The summed E-state index contributed by atoms with van der Waals surface area (Å²) >= 11 is 1.37. The third-order valence-electron chi connectivity index (χ3n) is 4.86. The zero-order valence-electron chi connectivity index (χ0n) is 17.9. The summed E-state index contributed by atoms with van der Waals surface area (Å²) in [6.45, 7) is 1.48. The molecule has 9 heteroatoms. The smallest absolute Gasteiger partial charge is 0.341 e. The Morgan fingerprint density at radius 2 is 1.97 bits per heavy atom. The number of hydrogen-bond donors (Lipinski definition) is 2.